The number of rotatable bonds is 3. The molecule has 0 fully saturated rings. The highest BCUT2D eigenvalue weighted by atomic mass is 35.5. The van der Waals surface area contributed by atoms with Crippen LogP contribution in [-0.4, -0.2) is 9.97 Å². The maximum atomic E-state index is 6.36. The molecule has 0 aliphatic heterocycles. The van der Waals surface area contributed by atoms with Gasteiger partial charge < -0.3 is 0 Å². The molecule has 0 spiro atoms. The van der Waals surface area contributed by atoms with Gasteiger partial charge >= 0.3 is 0 Å². The van der Waals surface area contributed by atoms with E-state index in [1.54, 1.807) is 0 Å². The largest absolute Gasteiger partial charge is 0.228 e. The van der Waals surface area contributed by atoms with Crippen molar-refractivity contribution in [2.75, 3.05) is 0 Å². The third-order valence-electron chi connectivity index (χ3n) is 5.60. The van der Waals surface area contributed by atoms with E-state index in [2.05, 4.69) is 71.7 Å². The van der Waals surface area contributed by atoms with E-state index < -0.39 is 0 Å². The first-order valence-corrected chi connectivity index (χ1v) is 11.6. The van der Waals surface area contributed by atoms with Gasteiger partial charge in [0.1, 0.15) is 5.15 Å². The minimum absolute atomic E-state index is 0.436. The normalized spacial score (nSPS) is 11.3. The van der Waals surface area contributed by atoms with E-state index in [-0.39, 0.29) is 0 Å². The Bertz CT molecular complexity index is 1590. The van der Waals surface area contributed by atoms with Crippen LogP contribution in [0.3, 0.4) is 0 Å². The van der Waals surface area contributed by atoms with Gasteiger partial charge in [-0.25, -0.2) is 9.97 Å². The fourth-order valence-corrected chi connectivity index (χ4v) is 5.32. The van der Waals surface area contributed by atoms with Gasteiger partial charge in [0.15, 0.2) is 5.82 Å². The highest BCUT2D eigenvalue weighted by Crippen LogP contribution is 2.37. The van der Waals surface area contributed by atoms with Gasteiger partial charge in [-0.2, -0.15) is 0 Å². The molecule has 4 heteroatoms. The van der Waals surface area contributed by atoms with E-state index in [1.807, 2.05) is 47.7 Å². The first kappa shape index (κ1) is 19.2. The van der Waals surface area contributed by atoms with Crippen molar-refractivity contribution >= 4 is 43.1 Å². The van der Waals surface area contributed by atoms with Crippen LogP contribution in [0.1, 0.15) is 0 Å². The fourth-order valence-electron chi connectivity index (χ4n) is 4.05. The summed E-state index contributed by atoms with van der Waals surface area (Å²) < 4.78 is 2.62. The van der Waals surface area contributed by atoms with Crippen molar-refractivity contribution in [1.82, 2.24) is 9.97 Å². The molecule has 0 N–H and O–H groups in total. The van der Waals surface area contributed by atoms with E-state index in [0.717, 1.165) is 22.4 Å². The molecule has 2 nitrogen and oxygen atoms in total. The number of hydrogen-bond donors (Lipinski definition) is 0. The summed E-state index contributed by atoms with van der Waals surface area (Å²) in [5, 5.41) is 3.04. The van der Waals surface area contributed by atoms with E-state index in [0.29, 0.717) is 11.0 Å². The number of hydrogen-bond acceptors (Lipinski definition) is 3. The molecular formula is C28H17ClN2S. The molecular weight excluding hydrogens is 432 g/mol. The molecule has 0 saturated carbocycles. The third-order valence-corrected chi connectivity index (χ3v) is 6.94. The zero-order valence-corrected chi connectivity index (χ0v) is 18.6. The zero-order chi connectivity index (χ0) is 21.5. The van der Waals surface area contributed by atoms with Crippen molar-refractivity contribution in [2.45, 2.75) is 0 Å². The van der Waals surface area contributed by atoms with Crippen molar-refractivity contribution < 1.29 is 0 Å². The molecule has 0 amide bonds. The topological polar surface area (TPSA) is 25.8 Å². The summed E-state index contributed by atoms with van der Waals surface area (Å²) in [6.07, 6.45) is 0. The predicted molar refractivity (Wildman–Crippen MR) is 136 cm³/mol. The lowest BCUT2D eigenvalue weighted by atomic mass is 10.00. The molecule has 0 aliphatic rings. The van der Waals surface area contributed by atoms with Crippen LogP contribution < -0.4 is 0 Å². The Morgan fingerprint density at radius 3 is 2.16 bits per heavy atom. The molecule has 6 rings (SSSR count). The van der Waals surface area contributed by atoms with E-state index in [4.69, 9.17) is 16.6 Å². The molecule has 2 heterocycles. The lowest BCUT2D eigenvalue weighted by Gasteiger charge is -2.08. The smallest absolute Gasteiger partial charge is 0.161 e. The van der Waals surface area contributed by atoms with Crippen molar-refractivity contribution in [3.05, 3.63) is 108 Å². The Labute approximate surface area is 194 Å². The molecule has 32 heavy (non-hydrogen) atoms. The van der Waals surface area contributed by atoms with Crippen LogP contribution >= 0.6 is 22.9 Å². The standard InChI is InChI=1S/C28H17ClN2S/c29-27-17-24(30-28(31-27)18-7-2-1-3-8-18)21-10-6-9-19(15-21)20-13-14-26-23(16-20)22-11-4-5-12-25(22)32-26/h1-17H. The number of nitrogens with zero attached hydrogens (tertiary/aromatic N) is 2. The summed E-state index contributed by atoms with van der Waals surface area (Å²) in [4.78, 5) is 9.22. The number of fused-ring (bicyclic) bond motifs is 3. The average molecular weight is 449 g/mol. The van der Waals surface area contributed by atoms with Gasteiger partial charge in [0.25, 0.3) is 0 Å². The second-order valence-corrected chi connectivity index (χ2v) is 9.13. The monoisotopic (exact) mass is 448 g/mol. The van der Waals surface area contributed by atoms with E-state index in [9.17, 15) is 0 Å². The van der Waals surface area contributed by atoms with Crippen LogP contribution in [0.4, 0.5) is 0 Å². The van der Waals surface area contributed by atoms with Crippen molar-refractivity contribution in [3.8, 4) is 33.8 Å². The molecule has 0 saturated heterocycles. The molecule has 4 aromatic carbocycles. The van der Waals surface area contributed by atoms with Crippen molar-refractivity contribution in [2.24, 2.45) is 0 Å². The van der Waals surface area contributed by atoms with Crippen LogP contribution in [0.2, 0.25) is 5.15 Å². The van der Waals surface area contributed by atoms with Crippen LogP contribution in [0.15, 0.2) is 103 Å². The van der Waals surface area contributed by atoms with Gasteiger partial charge in [0.05, 0.1) is 5.69 Å². The Morgan fingerprint density at radius 2 is 1.25 bits per heavy atom. The van der Waals surface area contributed by atoms with Crippen LogP contribution in [0.5, 0.6) is 0 Å². The minimum atomic E-state index is 0.436. The van der Waals surface area contributed by atoms with Gasteiger partial charge in [0, 0.05) is 37.4 Å². The van der Waals surface area contributed by atoms with Gasteiger partial charge in [0.2, 0.25) is 0 Å². The lowest BCUT2D eigenvalue weighted by Crippen LogP contribution is -1.93. The third kappa shape index (κ3) is 3.46. The number of thiophene rings is 1. The summed E-state index contributed by atoms with van der Waals surface area (Å²) in [7, 11) is 0. The van der Waals surface area contributed by atoms with Crippen LogP contribution in [0, 0.1) is 0 Å². The molecule has 0 bridgehead atoms. The van der Waals surface area contributed by atoms with Crippen molar-refractivity contribution in [3.63, 3.8) is 0 Å². The Hall–Kier alpha value is -3.53. The van der Waals surface area contributed by atoms with E-state index in [1.165, 1.54) is 25.7 Å². The number of benzene rings is 4. The highest BCUT2D eigenvalue weighted by molar-refractivity contribution is 7.25. The number of halogens is 1. The predicted octanol–water partition coefficient (Wildman–Crippen LogP) is 8.50. The highest BCUT2D eigenvalue weighted by Gasteiger charge is 2.10. The van der Waals surface area contributed by atoms with Gasteiger partial charge in [-0.15, -0.1) is 11.3 Å². The van der Waals surface area contributed by atoms with Crippen LogP contribution in [0.25, 0.3) is 53.9 Å². The quantitative estimate of drug-likeness (QED) is 0.253. The Kier molecular flexibility index (Phi) is 4.71. The lowest BCUT2D eigenvalue weighted by molar-refractivity contribution is 1.18. The first-order valence-electron chi connectivity index (χ1n) is 10.4. The average Bonchev–Trinajstić information content (AvgIpc) is 3.22. The maximum Gasteiger partial charge on any atom is 0.161 e. The molecule has 6 aromatic rings. The van der Waals surface area contributed by atoms with Crippen LogP contribution in [-0.2, 0) is 0 Å². The second-order valence-electron chi connectivity index (χ2n) is 7.66. The van der Waals surface area contributed by atoms with Gasteiger partial charge in [-0.05, 0) is 35.4 Å². The summed E-state index contributed by atoms with van der Waals surface area (Å²) in [5.74, 6) is 0.629. The Balaban J connectivity index is 1.45. The summed E-state index contributed by atoms with van der Waals surface area (Å²) in [6, 6.07) is 35.5. The second kappa shape index (κ2) is 7.86. The zero-order valence-electron chi connectivity index (χ0n) is 17.0. The van der Waals surface area contributed by atoms with Gasteiger partial charge in [-0.3, -0.25) is 0 Å². The van der Waals surface area contributed by atoms with Crippen molar-refractivity contribution in [1.29, 1.82) is 0 Å². The fraction of sp³-hybridized carbons (Fsp3) is 0. The first-order chi connectivity index (χ1) is 15.7. The molecule has 0 radical (unpaired) electrons. The summed E-state index contributed by atoms with van der Waals surface area (Å²) >= 11 is 8.20. The maximum absolute atomic E-state index is 6.36. The molecule has 0 aliphatic carbocycles. The SMILES string of the molecule is Clc1cc(-c2cccc(-c3ccc4sc5ccccc5c4c3)c2)nc(-c2ccccc2)n1. The summed E-state index contributed by atoms with van der Waals surface area (Å²) in [5.41, 5.74) is 5.11. The molecule has 2 aromatic heterocycles. The minimum Gasteiger partial charge on any atom is -0.228 e. The Morgan fingerprint density at radius 1 is 0.531 bits per heavy atom. The van der Waals surface area contributed by atoms with E-state index >= 15 is 0 Å². The molecule has 0 unspecified atom stereocenters. The number of aromatic nitrogens is 2. The summed E-state index contributed by atoms with van der Waals surface area (Å²) in [6.45, 7) is 0. The van der Waals surface area contributed by atoms with Gasteiger partial charge in [-0.1, -0.05) is 84.4 Å². The molecule has 152 valence electrons. The molecule has 0 atom stereocenters.